The Hall–Kier alpha value is -1.22. The van der Waals surface area contributed by atoms with E-state index in [0.29, 0.717) is 11.1 Å². The van der Waals surface area contributed by atoms with Crippen molar-refractivity contribution in [3.8, 4) is 0 Å². The average molecular weight is 177 g/mol. The molecule has 1 atom stereocenters. The summed E-state index contributed by atoms with van der Waals surface area (Å²) in [5, 5.41) is 3.11. The van der Waals surface area contributed by atoms with Crippen LogP contribution in [0.4, 0.5) is 0 Å². The maximum atomic E-state index is 11.4. The summed E-state index contributed by atoms with van der Waals surface area (Å²) in [7, 11) is 0. The number of carbonyl (C=O) groups is 2. The molecule has 1 heterocycles. The first-order valence-electron chi connectivity index (χ1n) is 4.40. The minimum atomic E-state index is -0.0386. The molecule has 1 fully saturated rings. The molecular weight excluding hydrogens is 166 g/mol. The van der Waals surface area contributed by atoms with Gasteiger partial charge in [0, 0.05) is 17.2 Å². The van der Waals surface area contributed by atoms with Gasteiger partial charge in [-0.2, -0.15) is 0 Å². The molecule has 1 saturated heterocycles. The fourth-order valence-corrected chi connectivity index (χ4v) is 1.50. The van der Waals surface area contributed by atoms with E-state index in [-0.39, 0.29) is 17.6 Å². The third-order valence-corrected chi connectivity index (χ3v) is 2.51. The summed E-state index contributed by atoms with van der Waals surface area (Å²) in [5.41, 5.74) is 1.16. The Morgan fingerprint density at radius 1 is 1.31 bits per heavy atom. The molecule has 1 aliphatic carbocycles. The standard InChI is InChI=1S/C10H11NO2/c1-6-4-10(13)7(5-9(6)12)8-2-3-11-8/h4-5,8,11H,2-3H2,1H3. The summed E-state index contributed by atoms with van der Waals surface area (Å²) >= 11 is 0. The molecule has 0 radical (unpaired) electrons. The van der Waals surface area contributed by atoms with Gasteiger partial charge in [0.15, 0.2) is 11.6 Å². The van der Waals surface area contributed by atoms with E-state index in [1.165, 1.54) is 12.2 Å². The van der Waals surface area contributed by atoms with E-state index in [2.05, 4.69) is 5.32 Å². The van der Waals surface area contributed by atoms with Crippen molar-refractivity contribution in [1.29, 1.82) is 0 Å². The molecule has 2 aliphatic rings. The Balaban J connectivity index is 2.24. The van der Waals surface area contributed by atoms with Crippen molar-refractivity contribution < 1.29 is 9.59 Å². The SMILES string of the molecule is CC1=CC(=O)C(C2CCN2)=CC1=O. The van der Waals surface area contributed by atoms with Gasteiger partial charge in [0.2, 0.25) is 0 Å². The Morgan fingerprint density at radius 3 is 2.54 bits per heavy atom. The van der Waals surface area contributed by atoms with Gasteiger partial charge in [0.25, 0.3) is 0 Å². The van der Waals surface area contributed by atoms with Crippen LogP contribution in [0.5, 0.6) is 0 Å². The van der Waals surface area contributed by atoms with E-state index in [0.717, 1.165) is 13.0 Å². The van der Waals surface area contributed by atoms with Gasteiger partial charge < -0.3 is 5.32 Å². The van der Waals surface area contributed by atoms with Crippen molar-refractivity contribution in [2.75, 3.05) is 6.54 Å². The third-order valence-electron chi connectivity index (χ3n) is 2.51. The minimum absolute atomic E-state index is 0.0192. The van der Waals surface area contributed by atoms with Crippen LogP contribution in [0.25, 0.3) is 0 Å². The van der Waals surface area contributed by atoms with Crippen LogP contribution in [0.1, 0.15) is 13.3 Å². The Labute approximate surface area is 76.5 Å². The highest BCUT2D eigenvalue weighted by Crippen LogP contribution is 2.19. The van der Waals surface area contributed by atoms with E-state index in [1.54, 1.807) is 6.92 Å². The van der Waals surface area contributed by atoms with Gasteiger partial charge in [-0.1, -0.05) is 0 Å². The van der Waals surface area contributed by atoms with Gasteiger partial charge in [-0.3, -0.25) is 9.59 Å². The molecule has 0 aromatic carbocycles. The van der Waals surface area contributed by atoms with E-state index in [9.17, 15) is 9.59 Å². The van der Waals surface area contributed by atoms with Crippen molar-refractivity contribution in [2.45, 2.75) is 19.4 Å². The first kappa shape index (κ1) is 8.38. The molecule has 0 aromatic rings. The molecule has 3 nitrogen and oxygen atoms in total. The maximum absolute atomic E-state index is 11.4. The fraction of sp³-hybridized carbons (Fsp3) is 0.400. The normalized spacial score (nSPS) is 27.9. The first-order valence-corrected chi connectivity index (χ1v) is 4.40. The lowest BCUT2D eigenvalue weighted by Gasteiger charge is -2.29. The number of nitrogens with one attached hydrogen (secondary N) is 1. The number of ketones is 2. The molecule has 0 amide bonds. The number of allylic oxidation sites excluding steroid dienone is 3. The molecule has 13 heavy (non-hydrogen) atoms. The number of hydrogen-bond acceptors (Lipinski definition) is 3. The average Bonchev–Trinajstić information content (AvgIpc) is 1.96. The molecule has 0 spiro atoms. The van der Waals surface area contributed by atoms with Gasteiger partial charge in [-0.25, -0.2) is 0 Å². The smallest absolute Gasteiger partial charge is 0.183 e. The lowest BCUT2D eigenvalue weighted by atomic mass is 9.88. The van der Waals surface area contributed by atoms with Gasteiger partial charge in [0.1, 0.15) is 0 Å². The van der Waals surface area contributed by atoms with E-state index in [1.807, 2.05) is 0 Å². The van der Waals surface area contributed by atoms with Gasteiger partial charge in [-0.05, 0) is 32.0 Å². The van der Waals surface area contributed by atoms with Crippen LogP contribution >= 0.6 is 0 Å². The molecule has 2 rings (SSSR count). The van der Waals surface area contributed by atoms with Crippen LogP contribution in [-0.2, 0) is 9.59 Å². The Kier molecular flexibility index (Phi) is 1.88. The van der Waals surface area contributed by atoms with Crippen molar-refractivity contribution in [3.63, 3.8) is 0 Å². The highest BCUT2D eigenvalue weighted by Gasteiger charge is 2.28. The van der Waals surface area contributed by atoms with Crippen LogP contribution < -0.4 is 5.32 Å². The molecule has 0 bridgehead atoms. The lowest BCUT2D eigenvalue weighted by Crippen LogP contribution is -2.46. The van der Waals surface area contributed by atoms with Gasteiger partial charge in [-0.15, -0.1) is 0 Å². The molecule has 1 N–H and O–H groups in total. The predicted molar refractivity (Wildman–Crippen MR) is 48.3 cm³/mol. The number of hydrogen-bond donors (Lipinski definition) is 1. The molecular formula is C10H11NO2. The second-order valence-electron chi connectivity index (χ2n) is 3.45. The topological polar surface area (TPSA) is 46.2 Å². The van der Waals surface area contributed by atoms with Crippen LogP contribution in [0.3, 0.4) is 0 Å². The molecule has 1 unspecified atom stereocenters. The summed E-state index contributed by atoms with van der Waals surface area (Å²) in [5.74, 6) is -0.0578. The van der Waals surface area contributed by atoms with Crippen molar-refractivity contribution in [1.82, 2.24) is 5.32 Å². The summed E-state index contributed by atoms with van der Waals surface area (Å²) in [6.07, 6.45) is 3.85. The number of carbonyl (C=O) groups excluding carboxylic acids is 2. The van der Waals surface area contributed by atoms with Crippen LogP contribution in [-0.4, -0.2) is 24.2 Å². The van der Waals surface area contributed by atoms with Gasteiger partial charge >= 0.3 is 0 Å². The second-order valence-corrected chi connectivity index (χ2v) is 3.45. The minimum Gasteiger partial charge on any atom is -0.310 e. The quantitative estimate of drug-likeness (QED) is 0.589. The molecule has 0 saturated carbocycles. The highest BCUT2D eigenvalue weighted by molar-refractivity contribution is 6.20. The van der Waals surface area contributed by atoms with Crippen LogP contribution in [0.2, 0.25) is 0 Å². The lowest BCUT2D eigenvalue weighted by molar-refractivity contribution is -0.115. The molecule has 68 valence electrons. The van der Waals surface area contributed by atoms with E-state index < -0.39 is 0 Å². The molecule has 0 aromatic heterocycles. The van der Waals surface area contributed by atoms with Gasteiger partial charge in [0.05, 0.1) is 0 Å². The fourth-order valence-electron chi connectivity index (χ4n) is 1.50. The summed E-state index contributed by atoms with van der Waals surface area (Å²) in [6, 6.07) is 0.112. The van der Waals surface area contributed by atoms with E-state index >= 15 is 0 Å². The summed E-state index contributed by atoms with van der Waals surface area (Å²) in [6.45, 7) is 2.61. The monoisotopic (exact) mass is 177 g/mol. The number of rotatable bonds is 1. The van der Waals surface area contributed by atoms with Crippen LogP contribution in [0, 0.1) is 0 Å². The van der Waals surface area contributed by atoms with E-state index in [4.69, 9.17) is 0 Å². The van der Waals surface area contributed by atoms with Crippen molar-refractivity contribution in [2.24, 2.45) is 0 Å². The maximum Gasteiger partial charge on any atom is 0.183 e. The van der Waals surface area contributed by atoms with Crippen LogP contribution in [0.15, 0.2) is 23.3 Å². The predicted octanol–water partition coefficient (Wildman–Crippen LogP) is 0.373. The largest absolute Gasteiger partial charge is 0.310 e. The Bertz CT molecular complexity index is 335. The summed E-state index contributed by atoms with van der Waals surface area (Å²) < 4.78 is 0. The Morgan fingerprint density at radius 2 is 2.00 bits per heavy atom. The zero-order valence-corrected chi connectivity index (χ0v) is 7.46. The second kappa shape index (κ2) is 2.92. The molecule has 1 aliphatic heterocycles. The summed E-state index contributed by atoms with van der Waals surface area (Å²) in [4.78, 5) is 22.7. The highest BCUT2D eigenvalue weighted by atomic mass is 16.1. The third kappa shape index (κ3) is 1.35. The zero-order chi connectivity index (χ0) is 9.42. The zero-order valence-electron chi connectivity index (χ0n) is 7.46. The molecule has 3 heteroatoms. The van der Waals surface area contributed by atoms with Crippen molar-refractivity contribution >= 4 is 11.6 Å². The first-order chi connectivity index (χ1) is 6.18. The van der Waals surface area contributed by atoms with Crippen molar-refractivity contribution in [3.05, 3.63) is 23.3 Å².